The topological polar surface area (TPSA) is 76.7 Å². The minimum atomic E-state index is -1.08. The SMILES string of the molecule is N#CCC1(CC#N)C(=O)Nc2ccc(Cl)cc21. The Labute approximate surface area is 103 Å². The van der Waals surface area contributed by atoms with Crippen molar-refractivity contribution in [3.8, 4) is 12.1 Å². The van der Waals surface area contributed by atoms with Gasteiger partial charge in [0.1, 0.15) is 5.41 Å². The van der Waals surface area contributed by atoms with Gasteiger partial charge in [0, 0.05) is 10.7 Å². The molecule has 1 N–H and O–H groups in total. The lowest BCUT2D eigenvalue weighted by Gasteiger charge is -2.20. The summed E-state index contributed by atoms with van der Waals surface area (Å²) in [6, 6.07) is 8.93. The van der Waals surface area contributed by atoms with Crippen molar-refractivity contribution in [3.63, 3.8) is 0 Å². The van der Waals surface area contributed by atoms with Crippen molar-refractivity contribution >= 4 is 23.2 Å². The van der Waals surface area contributed by atoms with E-state index in [1.54, 1.807) is 18.2 Å². The average molecular weight is 246 g/mol. The van der Waals surface area contributed by atoms with Crippen molar-refractivity contribution in [2.24, 2.45) is 0 Å². The predicted molar refractivity (Wildman–Crippen MR) is 62.2 cm³/mol. The third kappa shape index (κ3) is 1.63. The molecule has 0 spiro atoms. The summed E-state index contributed by atoms with van der Waals surface area (Å²) >= 11 is 5.89. The number of rotatable bonds is 2. The minimum Gasteiger partial charge on any atom is -0.325 e. The largest absolute Gasteiger partial charge is 0.325 e. The van der Waals surface area contributed by atoms with Gasteiger partial charge in [0.15, 0.2) is 0 Å². The van der Waals surface area contributed by atoms with Gasteiger partial charge in [-0.2, -0.15) is 10.5 Å². The maximum atomic E-state index is 12.0. The molecule has 5 heteroatoms. The van der Waals surface area contributed by atoms with Crippen LogP contribution in [0.1, 0.15) is 18.4 Å². The number of carbonyl (C=O) groups is 1. The molecule has 0 atom stereocenters. The first-order valence-corrected chi connectivity index (χ1v) is 5.37. The van der Waals surface area contributed by atoms with Crippen LogP contribution in [0.15, 0.2) is 18.2 Å². The van der Waals surface area contributed by atoms with Crippen LogP contribution >= 0.6 is 11.6 Å². The third-order valence-electron chi connectivity index (χ3n) is 2.94. The quantitative estimate of drug-likeness (QED) is 0.869. The molecule has 1 aromatic rings. The highest BCUT2D eigenvalue weighted by Crippen LogP contribution is 2.43. The molecule has 1 heterocycles. The molecule has 1 aromatic carbocycles. The van der Waals surface area contributed by atoms with Crippen LogP contribution in [-0.2, 0) is 10.2 Å². The van der Waals surface area contributed by atoms with Gasteiger partial charge in [-0.25, -0.2) is 0 Å². The van der Waals surface area contributed by atoms with Crippen LogP contribution in [0.5, 0.6) is 0 Å². The summed E-state index contributed by atoms with van der Waals surface area (Å²) in [5.74, 6) is -0.308. The molecule has 0 aromatic heterocycles. The monoisotopic (exact) mass is 245 g/mol. The van der Waals surface area contributed by atoms with E-state index in [0.717, 1.165) is 0 Å². The van der Waals surface area contributed by atoms with Crippen molar-refractivity contribution in [2.45, 2.75) is 18.3 Å². The standard InChI is InChI=1S/C12H8ClN3O/c13-8-1-2-10-9(7-8)12(3-5-14,4-6-15)11(17)16-10/h1-2,7H,3-4H2,(H,16,17). The lowest BCUT2D eigenvalue weighted by molar-refractivity contribution is -0.120. The Kier molecular flexibility index (Phi) is 2.75. The zero-order valence-corrected chi connectivity index (χ0v) is 9.58. The Morgan fingerprint density at radius 1 is 1.29 bits per heavy atom. The number of nitriles is 2. The Hall–Kier alpha value is -2.04. The maximum absolute atomic E-state index is 12.0. The highest BCUT2D eigenvalue weighted by atomic mass is 35.5. The van der Waals surface area contributed by atoms with Gasteiger partial charge in [0.25, 0.3) is 0 Å². The van der Waals surface area contributed by atoms with E-state index in [0.29, 0.717) is 16.3 Å². The number of nitrogens with zero attached hydrogens (tertiary/aromatic N) is 2. The van der Waals surface area contributed by atoms with Gasteiger partial charge in [-0.1, -0.05) is 11.6 Å². The number of nitrogens with one attached hydrogen (secondary N) is 1. The first-order chi connectivity index (χ1) is 8.14. The normalized spacial score (nSPS) is 15.6. The number of hydrogen-bond donors (Lipinski definition) is 1. The van der Waals surface area contributed by atoms with Crippen LogP contribution in [0.3, 0.4) is 0 Å². The van der Waals surface area contributed by atoms with Gasteiger partial charge in [-0.3, -0.25) is 4.79 Å². The number of benzene rings is 1. The summed E-state index contributed by atoms with van der Waals surface area (Å²) in [6.45, 7) is 0. The predicted octanol–water partition coefficient (Wildman–Crippen LogP) is 2.36. The number of anilines is 1. The van der Waals surface area contributed by atoms with Crippen molar-refractivity contribution in [1.29, 1.82) is 10.5 Å². The van der Waals surface area contributed by atoms with E-state index in [9.17, 15) is 4.79 Å². The summed E-state index contributed by atoms with van der Waals surface area (Å²) < 4.78 is 0. The number of fused-ring (bicyclic) bond motifs is 1. The van der Waals surface area contributed by atoms with E-state index in [1.807, 2.05) is 12.1 Å². The zero-order chi connectivity index (χ0) is 12.5. The first-order valence-electron chi connectivity index (χ1n) is 4.99. The highest BCUT2D eigenvalue weighted by Gasteiger charge is 2.46. The molecule has 1 aliphatic heterocycles. The fourth-order valence-electron chi connectivity index (χ4n) is 2.07. The van der Waals surface area contributed by atoms with Crippen LogP contribution in [0.2, 0.25) is 5.02 Å². The lowest BCUT2D eigenvalue weighted by atomic mass is 9.77. The zero-order valence-electron chi connectivity index (χ0n) is 8.83. The molecule has 17 heavy (non-hydrogen) atoms. The van der Waals surface area contributed by atoms with E-state index < -0.39 is 5.41 Å². The third-order valence-corrected chi connectivity index (χ3v) is 3.18. The Bertz CT molecular complexity index is 552. The Morgan fingerprint density at radius 3 is 2.53 bits per heavy atom. The summed E-state index contributed by atoms with van der Waals surface area (Å²) in [7, 11) is 0. The Balaban J connectivity index is 2.62. The Morgan fingerprint density at radius 2 is 1.94 bits per heavy atom. The van der Waals surface area contributed by atoms with Gasteiger partial charge in [0.05, 0.1) is 25.0 Å². The summed E-state index contributed by atoms with van der Waals surface area (Å²) in [4.78, 5) is 12.0. The van der Waals surface area contributed by atoms with Crippen LogP contribution in [-0.4, -0.2) is 5.91 Å². The molecule has 1 amide bonds. The van der Waals surface area contributed by atoms with Gasteiger partial charge in [-0.05, 0) is 23.8 Å². The van der Waals surface area contributed by atoms with Gasteiger partial charge in [0.2, 0.25) is 5.91 Å². The van der Waals surface area contributed by atoms with Crippen LogP contribution in [0, 0.1) is 22.7 Å². The number of halogens is 1. The van der Waals surface area contributed by atoms with Gasteiger partial charge in [-0.15, -0.1) is 0 Å². The molecule has 0 saturated carbocycles. The second kappa shape index (κ2) is 4.08. The molecule has 0 saturated heterocycles. The number of amides is 1. The van der Waals surface area contributed by atoms with E-state index in [1.165, 1.54) is 0 Å². The lowest BCUT2D eigenvalue weighted by Crippen LogP contribution is -2.33. The van der Waals surface area contributed by atoms with E-state index in [-0.39, 0.29) is 18.7 Å². The maximum Gasteiger partial charge on any atom is 0.237 e. The second-order valence-electron chi connectivity index (χ2n) is 3.90. The van der Waals surface area contributed by atoms with Crippen molar-refractivity contribution in [1.82, 2.24) is 0 Å². The summed E-state index contributed by atoms with van der Waals surface area (Å²) in [5, 5.41) is 20.9. The first kappa shape index (κ1) is 11.4. The molecule has 1 aliphatic rings. The molecular formula is C12H8ClN3O. The molecule has 0 unspecified atom stereocenters. The fraction of sp³-hybridized carbons (Fsp3) is 0.250. The fourth-order valence-corrected chi connectivity index (χ4v) is 2.24. The summed E-state index contributed by atoms with van der Waals surface area (Å²) in [6.07, 6.45) is -0.0561. The van der Waals surface area contributed by atoms with Crippen molar-refractivity contribution < 1.29 is 4.79 Å². The van der Waals surface area contributed by atoms with Crippen LogP contribution in [0.4, 0.5) is 5.69 Å². The van der Waals surface area contributed by atoms with E-state index in [2.05, 4.69) is 5.32 Å². The van der Waals surface area contributed by atoms with Crippen molar-refractivity contribution in [2.75, 3.05) is 5.32 Å². The van der Waals surface area contributed by atoms with Gasteiger partial charge >= 0.3 is 0 Å². The molecule has 0 bridgehead atoms. The van der Waals surface area contributed by atoms with Crippen molar-refractivity contribution in [3.05, 3.63) is 28.8 Å². The van der Waals surface area contributed by atoms with Crippen LogP contribution < -0.4 is 5.32 Å². The molecule has 0 fully saturated rings. The molecule has 4 nitrogen and oxygen atoms in total. The summed E-state index contributed by atoms with van der Waals surface area (Å²) in [5.41, 5.74) is 0.187. The molecular weight excluding hydrogens is 238 g/mol. The average Bonchev–Trinajstić information content (AvgIpc) is 2.54. The van der Waals surface area contributed by atoms with Crippen LogP contribution in [0.25, 0.3) is 0 Å². The second-order valence-corrected chi connectivity index (χ2v) is 4.33. The highest BCUT2D eigenvalue weighted by molar-refractivity contribution is 6.31. The minimum absolute atomic E-state index is 0.0280. The number of carbonyl (C=O) groups excluding carboxylic acids is 1. The van der Waals surface area contributed by atoms with Gasteiger partial charge < -0.3 is 5.32 Å². The van der Waals surface area contributed by atoms with E-state index in [4.69, 9.17) is 22.1 Å². The van der Waals surface area contributed by atoms with E-state index >= 15 is 0 Å². The molecule has 2 rings (SSSR count). The molecule has 0 aliphatic carbocycles. The number of hydrogen-bond acceptors (Lipinski definition) is 3. The molecule has 84 valence electrons. The smallest absolute Gasteiger partial charge is 0.237 e. The molecule has 0 radical (unpaired) electrons.